The summed E-state index contributed by atoms with van der Waals surface area (Å²) in [5.41, 5.74) is 5.75. The molecule has 0 saturated carbocycles. The number of halogens is 2. The van der Waals surface area contributed by atoms with Crippen LogP contribution in [0.15, 0.2) is 12.1 Å². The number of hydrogen-bond donors (Lipinski definition) is 1. The predicted molar refractivity (Wildman–Crippen MR) is 67.2 cm³/mol. The minimum absolute atomic E-state index is 0.0989. The third kappa shape index (κ3) is 2.27. The Bertz CT molecular complexity index is 606. The molecular weight excluding hydrogens is 252 g/mol. The van der Waals surface area contributed by atoms with Gasteiger partial charge in [0.2, 0.25) is 0 Å². The van der Waals surface area contributed by atoms with Gasteiger partial charge in [0, 0.05) is 17.3 Å². The lowest BCUT2D eigenvalue weighted by Crippen LogP contribution is -2.27. The van der Waals surface area contributed by atoms with Crippen molar-refractivity contribution >= 4 is 5.69 Å². The molecule has 0 bridgehead atoms. The van der Waals surface area contributed by atoms with Crippen molar-refractivity contribution in [2.24, 2.45) is 0 Å². The van der Waals surface area contributed by atoms with E-state index >= 15 is 0 Å². The van der Waals surface area contributed by atoms with E-state index in [9.17, 15) is 8.78 Å². The highest BCUT2D eigenvalue weighted by molar-refractivity contribution is 5.71. The van der Waals surface area contributed by atoms with E-state index in [1.807, 2.05) is 20.8 Å². The van der Waals surface area contributed by atoms with Crippen LogP contribution in [-0.4, -0.2) is 20.2 Å². The lowest BCUT2D eigenvalue weighted by Gasteiger charge is -2.24. The summed E-state index contributed by atoms with van der Waals surface area (Å²) in [5.74, 6) is -1.65. The zero-order valence-corrected chi connectivity index (χ0v) is 11.0. The number of nitrogen functional groups attached to an aromatic ring is 1. The van der Waals surface area contributed by atoms with Crippen molar-refractivity contribution in [1.82, 2.24) is 20.2 Å². The molecule has 5 nitrogen and oxygen atoms in total. The number of benzene rings is 1. The number of hydrogen-bond acceptors (Lipinski definition) is 4. The van der Waals surface area contributed by atoms with Gasteiger partial charge < -0.3 is 5.73 Å². The van der Waals surface area contributed by atoms with E-state index in [4.69, 9.17) is 5.73 Å². The molecule has 0 spiro atoms. The molecule has 0 aliphatic rings. The van der Waals surface area contributed by atoms with Gasteiger partial charge in [0.1, 0.15) is 0 Å². The standard InChI is InChI=1S/C12H15F2N5/c1-4-12(2,3)19-11(16-17-18-19)7-5-8(13)9(14)6-10(7)15/h5-6H,4,15H2,1-3H3. The van der Waals surface area contributed by atoms with Crippen LogP contribution in [0.4, 0.5) is 14.5 Å². The van der Waals surface area contributed by atoms with Crippen LogP contribution in [0.1, 0.15) is 27.2 Å². The summed E-state index contributed by atoms with van der Waals surface area (Å²) in [4.78, 5) is 0. The van der Waals surface area contributed by atoms with Crippen LogP contribution in [0, 0.1) is 11.6 Å². The maximum Gasteiger partial charge on any atom is 0.184 e. The van der Waals surface area contributed by atoms with Gasteiger partial charge >= 0.3 is 0 Å². The van der Waals surface area contributed by atoms with Crippen molar-refractivity contribution in [2.75, 3.05) is 5.73 Å². The topological polar surface area (TPSA) is 69.6 Å². The smallest absolute Gasteiger partial charge is 0.184 e. The van der Waals surface area contributed by atoms with Gasteiger partial charge in [0.15, 0.2) is 17.5 Å². The van der Waals surface area contributed by atoms with Crippen molar-refractivity contribution in [1.29, 1.82) is 0 Å². The molecule has 1 heterocycles. The number of rotatable bonds is 3. The first-order valence-electron chi connectivity index (χ1n) is 5.90. The average Bonchev–Trinajstić information content (AvgIpc) is 2.83. The van der Waals surface area contributed by atoms with E-state index < -0.39 is 11.6 Å². The maximum absolute atomic E-state index is 13.4. The monoisotopic (exact) mass is 267 g/mol. The van der Waals surface area contributed by atoms with Crippen molar-refractivity contribution in [2.45, 2.75) is 32.7 Å². The Balaban J connectivity index is 2.61. The van der Waals surface area contributed by atoms with Crippen molar-refractivity contribution in [3.63, 3.8) is 0 Å². The summed E-state index contributed by atoms with van der Waals surface area (Å²) in [6, 6.07) is 1.95. The first-order chi connectivity index (χ1) is 8.86. The average molecular weight is 267 g/mol. The normalized spacial score (nSPS) is 11.8. The number of aromatic nitrogens is 4. The van der Waals surface area contributed by atoms with Gasteiger partial charge in [-0.15, -0.1) is 5.10 Å². The quantitative estimate of drug-likeness (QED) is 0.867. The van der Waals surface area contributed by atoms with Crippen LogP contribution in [0.5, 0.6) is 0 Å². The van der Waals surface area contributed by atoms with E-state index in [-0.39, 0.29) is 16.8 Å². The fraction of sp³-hybridized carbons (Fsp3) is 0.417. The summed E-state index contributed by atoms with van der Waals surface area (Å²) in [5, 5.41) is 11.4. The first kappa shape index (κ1) is 13.4. The summed E-state index contributed by atoms with van der Waals surface area (Å²) in [6.07, 6.45) is 0.772. The van der Waals surface area contributed by atoms with Crippen LogP contribution in [0.25, 0.3) is 11.4 Å². The molecule has 0 atom stereocenters. The molecule has 1 aromatic heterocycles. The minimum atomic E-state index is -0.991. The third-order valence-electron chi connectivity index (χ3n) is 3.24. The fourth-order valence-electron chi connectivity index (χ4n) is 1.67. The van der Waals surface area contributed by atoms with Gasteiger partial charge in [-0.1, -0.05) is 6.92 Å². The second kappa shape index (κ2) is 4.56. The molecule has 1 aromatic carbocycles. The molecule has 0 amide bonds. The molecule has 0 saturated heterocycles. The van der Waals surface area contributed by atoms with Gasteiger partial charge in [0.05, 0.1) is 5.54 Å². The second-order valence-electron chi connectivity index (χ2n) is 4.93. The Kier molecular flexibility index (Phi) is 3.21. The summed E-state index contributed by atoms with van der Waals surface area (Å²) in [6.45, 7) is 5.88. The van der Waals surface area contributed by atoms with E-state index in [0.717, 1.165) is 18.6 Å². The Hall–Kier alpha value is -2.05. The lowest BCUT2D eigenvalue weighted by molar-refractivity contribution is 0.305. The van der Waals surface area contributed by atoms with Crippen molar-refractivity contribution < 1.29 is 8.78 Å². The molecule has 102 valence electrons. The number of nitrogens with two attached hydrogens (primary N) is 1. The number of nitrogens with zero attached hydrogens (tertiary/aromatic N) is 4. The maximum atomic E-state index is 13.4. The number of anilines is 1. The fourth-order valence-corrected chi connectivity index (χ4v) is 1.67. The second-order valence-corrected chi connectivity index (χ2v) is 4.93. The molecule has 2 N–H and O–H groups in total. The zero-order chi connectivity index (χ0) is 14.2. The van der Waals surface area contributed by atoms with Gasteiger partial charge in [-0.25, -0.2) is 13.5 Å². The predicted octanol–water partition coefficient (Wildman–Crippen LogP) is 2.35. The summed E-state index contributed by atoms with van der Waals surface area (Å²) in [7, 11) is 0. The molecule has 2 rings (SSSR count). The van der Waals surface area contributed by atoms with Gasteiger partial charge in [-0.3, -0.25) is 0 Å². The Labute approximate surface area is 109 Å². The van der Waals surface area contributed by atoms with Crippen molar-refractivity contribution in [3.05, 3.63) is 23.8 Å². The Morgan fingerprint density at radius 3 is 2.53 bits per heavy atom. The molecule has 0 aliphatic heterocycles. The van der Waals surface area contributed by atoms with Crippen LogP contribution in [-0.2, 0) is 5.54 Å². The Morgan fingerprint density at radius 1 is 1.26 bits per heavy atom. The molecular formula is C12H15F2N5. The SMILES string of the molecule is CCC(C)(C)n1nnnc1-c1cc(F)c(F)cc1N. The molecule has 19 heavy (non-hydrogen) atoms. The molecule has 7 heteroatoms. The number of tetrazole rings is 1. The largest absolute Gasteiger partial charge is 0.398 e. The van der Waals surface area contributed by atoms with Crippen LogP contribution in [0.3, 0.4) is 0 Å². The van der Waals surface area contributed by atoms with Crippen molar-refractivity contribution in [3.8, 4) is 11.4 Å². The van der Waals surface area contributed by atoms with Crippen LogP contribution < -0.4 is 5.73 Å². The van der Waals surface area contributed by atoms with E-state index in [0.29, 0.717) is 5.82 Å². The third-order valence-corrected chi connectivity index (χ3v) is 3.24. The van der Waals surface area contributed by atoms with Gasteiger partial charge in [-0.2, -0.15) is 0 Å². The molecule has 0 radical (unpaired) electrons. The van der Waals surface area contributed by atoms with Crippen LogP contribution in [0.2, 0.25) is 0 Å². The summed E-state index contributed by atoms with van der Waals surface area (Å²) >= 11 is 0. The van der Waals surface area contributed by atoms with Crippen LogP contribution >= 0.6 is 0 Å². The first-order valence-corrected chi connectivity index (χ1v) is 5.90. The molecule has 2 aromatic rings. The van der Waals surface area contributed by atoms with E-state index in [1.54, 1.807) is 4.68 Å². The van der Waals surface area contributed by atoms with Gasteiger partial charge in [0.25, 0.3) is 0 Å². The van der Waals surface area contributed by atoms with E-state index in [2.05, 4.69) is 15.5 Å². The summed E-state index contributed by atoms with van der Waals surface area (Å²) < 4.78 is 28.0. The molecule has 0 fully saturated rings. The highest BCUT2D eigenvalue weighted by atomic mass is 19.2. The Morgan fingerprint density at radius 2 is 1.89 bits per heavy atom. The lowest BCUT2D eigenvalue weighted by atomic mass is 10.0. The molecule has 0 unspecified atom stereocenters. The van der Waals surface area contributed by atoms with E-state index in [1.165, 1.54) is 0 Å². The zero-order valence-electron chi connectivity index (χ0n) is 11.0. The molecule has 0 aliphatic carbocycles. The highest BCUT2D eigenvalue weighted by Crippen LogP contribution is 2.30. The highest BCUT2D eigenvalue weighted by Gasteiger charge is 2.25. The van der Waals surface area contributed by atoms with Gasteiger partial charge in [-0.05, 0) is 36.8 Å². The minimum Gasteiger partial charge on any atom is -0.398 e.